The molecule has 1 aliphatic rings. The molecule has 3 nitrogen and oxygen atoms in total. The Bertz CT molecular complexity index is 786. The number of benzene rings is 1. The molecule has 3 rings (SSSR count). The van der Waals surface area contributed by atoms with Crippen molar-refractivity contribution in [1.29, 1.82) is 0 Å². The minimum absolute atomic E-state index is 0.194. The first kappa shape index (κ1) is 13.5. The zero-order chi connectivity index (χ0) is 14.3. The van der Waals surface area contributed by atoms with Crippen LogP contribution >= 0.6 is 35.6 Å². The van der Waals surface area contributed by atoms with E-state index in [0.29, 0.717) is 19.9 Å². The van der Waals surface area contributed by atoms with Gasteiger partial charge in [-0.2, -0.15) is 0 Å². The molecule has 0 aliphatic carbocycles. The second-order valence-corrected chi connectivity index (χ2v) is 6.49. The smallest absolute Gasteiger partial charge is 0.263 e. The van der Waals surface area contributed by atoms with Crippen LogP contribution in [0.5, 0.6) is 0 Å². The normalized spacial score (nSPS) is 17.0. The summed E-state index contributed by atoms with van der Waals surface area (Å²) in [7, 11) is 0. The monoisotopic (exact) mass is 320 g/mol. The number of aryl methyl sites for hydroxylation is 1. The van der Waals surface area contributed by atoms with Crippen LogP contribution in [0.1, 0.15) is 11.1 Å². The van der Waals surface area contributed by atoms with Crippen molar-refractivity contribution in [2.75, 3.05) is 0 Å². The Morgan fingerprint density at radius 2 is 2.20 bits per heavy atom. The van der Waals surface area contributed by atoms with Crippen LogP contribution < -0.4 is 5.32 Å². The van der Waals surface area contributed by atoms with Crippen LogP contribution in [0.2, 0.25) is 5.15 Å². The summed E-state index contributed by atoms with van der Waals surface area (Å²) < 4.78 is 0.460. The van der Waals surface area contributed by atoms with Crippen LogP contribution in [0.3, 0.4) is 0 Å². The molecule has 1 aromatic heterocycles. The van der Waals surface area contributed by atoms with Gasteiger partial charge >= 0.3 is 0 Å². The highest BCUT2D eigenvalue weighted by molar-refractivity contribution is 8.26. The van der Waals surface area contributed by atoms with Gasteiger partial charge in [0.15, 0.2) is 0 Å². The molecule has 0 radical (unpaired) electrons. The number of aromatic nitrogens is 1. The molecular weight excluding hydrogens is 312 g/mol. The summed E-state index contributed by atoms with van der Waals surface area (Å²) in [6.45, 7) is 2.02. The lowest BCUT2D eigenvalue weighted by molar-refractivity contribution is -0.115. The highest BCUT2D eigenvalue weighted by atomic mass is 35.5. The van der Waals surface area contributed by atoms with E-state index in [4.69, 9.17) is 23.8 Å². The lowest BCUT2D eigenvalue weighted by Crippen LogP contribution is -2.17. The summed E-state index contributed by atoms with van der Waals surface area (Å²) in [4.78, 5) is 16.5. The third-order valence-corrected chi connectivity index (χ3v) is 4.34. The fourth-order valence-electron chi connectivity index (χ4n) is 1.95. The number of nitrogens with one attached hydrogen (secondary N) is 1. The predicted molar refractivity (Wildman–Crippen MR) is 87.8 cm³/mol. The minimum atomic E-state index is -0.194. The highest BCUT2D eigenvalue weighted by Crippen LogP contribution is 2.29. The van der Waals surface area contributed by atoms with E-state index >= 15 is 0 Å². The number of halogens is 1. The number of rotatable bonds is 1. The number of nitrogens with zero attached hydrogens (tertiary/aromatic N) is 1. The number of thioether (sulfide) groups is 1. The Morgan fingerprint density at radius 3 is 2.90 bits per heavy atom. The van der Waals surface area contributed by atoms with Gasteiger partial charge in [0, 0.05) is 10.9 Å². The summed E-state index contributed by atoms with van der Waals surface area (Å²) in [6, 6.07) is 7.88. The number of amides is 1. The summed E-state index contributed by atoms with van der Waals surface area (Å²) in [6.07, 6.45) is 1.72. The van der Waals surface area contributed by atoms with Gasteiger partial charge in [0.05, 0.1) is 10.4 Å². The van der Waals surface area contributed by atoms with Crippen molar-refractivity contribution in [3.63, 3.8) is 0 Å². The van der Waals surface area contributed by atoms with E-state index in [1.807, 2.05) is 31.2 Å². The number of fused-ring (bicyclic) bond motifs is 1. The third kappa shape index (κ3) is 2.57. The van der Waals surface area contributed by atoms with Crippen molar-refractivity contribution in [2.24, 2.45) is 0 Å². The maximum atomic E-state index is 11.7. The van der Waals surface area contributed by atoms with E-state index in [9.17, 15) is 4.79 Å². The first-order valence-electron chi connectivity index (χ1n) is 5.85. The van der Waals surface area contributed by atoms with E-state index in [-0.39, 0.29) is 5.91 Å². The van der Waals surface area contributed by atoms with Gasteiger partial charge in [0.25, 0.3) is 5.91 Å². The topological polar surface area (TPSA) is 42.0 Å². The first-order chi connectivity index (χ1) is 9.52. The van der Waals surface area contributed by atoms with E-state index in [0.717, 1.165) is 16.5 Å². The van der Waals surface area contributed by atoms with Crippen molar-refractivity contribution < 1.29 is 4.79 Å². The average Bonchev–Trinajstić information content (AvgIpc) is 2.69. The molecule has 2 heterocycles. The number of pyridine rings is 1. The van der Waals surface area contributed by atoms with E-state index in [1.165, 1.54) is 11.8 Å². The molecule has 2 aromatic rings. The molecule has 0 saturated carbocycles. The van der Waals surface area contributed by atoms with Gasteiger partial charge in [-0.05, 0) is 31.2 Å². The SMILES string of the molecule is Cc1ccc2nc(Cl)c(/C=C3\SC(=S)NC3=O)cc2c1. The fourth-order valence-corrected chi connectivity index (χ4v) is 3.19. The van der Waals surface area contributed by atoms with E-state index < -0.39 is 0 Å². The zero-order valence-electron chi connectivity index (χ0n) is 10.4. The largest absolute Gasteiger partial charge is 0.307 e. The lowest BCUT2D eigenvalue weighted by atomic mass is 10.1. The Kier molecular flexibility index (Phi) is 3.50. The summed E-state index contributed by atoms with van der Waals surface area (Å²) >= 11 is 12.4. The number of hydrogen-bond donors (Lipinski definition) is 1. The van der Waals surface area contributed by atoms with Gasteiger partial charge < -0.3 is 5.32 Å². The molecule has 6 heteroatoms. The zero-order valence-corrected chi connectivity index (χ0v) is 12.8. The molecule has 1 N–H and O–H groups in total. The Balaban J connectivity index is 2.12. The molecule has 100 valence electrons. The number of carbonyl (C=O) groups excluding carboxylic acids is 1. The van der Waals surface area contributed by atoms with Gasteiger partial charge in [0.2, 0.25) is 0 Å². The Labute approximate surface area is 130 Å². The minimum Gasteiger partial charge on any atom is -0.307 e. The standard InChI is InChI=1S/C14H9ClN2OS2/c1-7-2-3-10-8(4-7)5-9(12(15)16-10)6-11-13(18)17-14(19)20-11/h2-6H,1H3,(H,17,18,19)/b11-6-. The molecule has 1 aromatic carbocycles. The number of thiocarbonyl (C=S) groups is 1. The molecule has 1 amide bonds. The molecule has 1 aliphatic heterocycles. The van der Waals surface area contributed by atoms with Gasteiger partial charge in [0.1, 0.15) is 9.47 Å². The molecule has 0 unspecified atom stereocenters. The fraction of sp³-hybridized carbons (Fsp3) is 0.0714. The Hall–Kier alpha value is -1.43. The van der Waals surface area contributed by atoms with Crippen molar-refractivity contribution >= 4 is 62.8 Å². The van der Waals surface area contributed by atoms with Crippen LogP contribution in [0.15, 0.2) is 29.2 Å². The van der Waals surface area contributed by atoms with Crippen LogP contribution in [-0.2, 0) is 4.79 Å². The van der Waals surface area contributed by atoms with Crippen molar-refractivity contribution in [1.82, 2.24) is 10.3 Å². The van der Waals surface area contributed by atoms with Crippen LogP contribution in [0, 0.1) is 6.92 Å². The van der Waals surface area contributed by atoms with Crippen molar-refractivity contribution in [3.8, 4) is 0 Å². The predicted octanol–water partition coefficient (Wildman–Crippen LogP) is 3.69. The second kappa shape index (κ2) is 5.16. The molecule has 0 bridgehead atoms. The van der Waals surface area contributed by atoms with Crippen LogP contribution in [-0.4, -0.2) is 15.2 Å². The molecular formula is C14H9ClN2OS2. The molecule has 0 atom stereocenters. The maximum absolute atomic E-state index is 11.7. The molecule has 0 spiro atoms. The van der Waals surface area contributed by atoms with Gasteiger partial charge in [-0.25, -0.2) is 4.98 Å². The molecule has 1 fully saturated rings. The summed E-state index contributed by atoms with van der Waals surface area (Å²) in [5, 5.41) is 3.94. The lowest BCUT2D eigenvalue weighted by Gasteiger charge is -2.04. The molecule has 20 heavy (non-hydrogen) atoms. The third-order valence-electron chi connectivity index (χ3n) is 2.88. The van der Waals surface area contributed by atoms with E-state index in [2.05, 4.69) is 10.3 Å². The summed E-state index contributed by atoms with van der Waals surface area (Å²) in [5.41, 5.74) is 2.70. The molecule has 1 saturated heterocycles. The van der Waals surface area contributed by atoms with Crippen LogP contribution in [0.25, 0.3) is 17.0 Å². The maximum Gasteiger partial charge on any atom is 0.263 e. The highest BCUT2D eigenvalue weighted by Gasteiger charge is 2.22. The summed E-state index contributed by atoms with van der Waals surface area (Å²) in [5.74, 6) is -0.194. The first-order valence-corrected chi connectivity index (χ1v) is 7.45. The van der Waals surface area contributed by atoms with Gasteiger partial charge in [-0.3, -0.25) is 4.79 Å². The van der Waals surface area contributed by atoms with Crippen LogP contribution in [0.4, 0.5) is 0 Å². The number of carbonyl (C=O) groups is 1. The van der Waals surface area contributed by atoms with Gasteiger partial charge in [-0.15, -0.1) is 0 Å². The van der Waals surface area contributed by atoms with Gasteiger partial charge in [-0.1, -0.05) is 47.2 Å². The quantitative estimate of drug-likeness (QED) is 0.494. The van der Waals surface area contributed by atoms with E-state index in [1.54, 1.807) is 6.08 Å². The second-order valence-electron chi connectivity index (χ2n) is 4.42. The van der Waals surface area contributed by atoms with Crippen molar-refractivity contribution in [2.45, 2.75) is 6.92 Å². The average molecular weight is 321 g/mol. The van der Waals surface area contributed by atoms with Crippen molar-refractivity contribution in [3.05, 3.63) is 45.5 Å². The Morgan fingerprint density at radius 1 is 1.40 bits per heavy atom. The number of hydrogen-bond acceptors (Lipinski definition) is 4.